The lowest BCUT2D eigenvalue weighted by Gasteiger charge is -2.14. The predicted molar refractivity (Wildman–Crippen MR) is 139 cm³/mol. The molecule has 0 saturated heterocycles. The molecule has 0 aliphatic carbocycles. The van der Waals surface area contributed by atoms with Crippen LogP contribution >= 0.6 is 0 Å². The Morgan fingerprint density at radius 1 is 1.09 bits per heavy atom. The van der Waals surface area contributed by atoms with Crippen LogP contribution < -0.4 is 15.4 Å². The number of aryl methyl sites for hydroxylation is 2. The summed E-state index contributed by atoms with van der Waals surface area (Å²) in [6, 6.07) is 13.6. The molecule has 34 heavy (non-hydrogen) atoms. The van der Waals surface area contributed by atoms with Gasteiger partial charge in [-0.2, -0.15) is 4.98 Å². The zero-order valence-corrected chi connectivity index (χ0v) is 20.6. The van der Waals surface area contributed by atoms with E-state index in [-0.39, 0.29) is 5.91 Å². The lowest BCUT2D eigenvalue weighted by atomic mass is 10.1. The van der Waals surface area contributed by atoms with Crippen molar-refractivity contribution in [1.29, 1.82) is 0 Å². The van der Waals surface area contributed by atoms with E-state index >= 15 is 0 Å². The molecule has 0 aliphatic rings. The average Bonchev–Trinajstić information content (AvgIpc) is 2.84. The SMILES string of the molecule is CCCCN(C)C(=O)/C=C/c1cc(C)c(Oc2ccnc(Nc3ccc(NC)cc3)n2)c(C)c1. The van der Waals surface area contributed by atoms with Crippen LogP contribution in [0.4, 0.5) is 17.3 Å². The number of hydrogen-bond acceptors (Lipinski definition) is 6. The number of likely N-dealkylation sites (N-methyl/N-ethyl adjacent to an activating group) is 1. The fourth-order valence-electron chi connectivity index (χ4n) is 3.45. The van der Waals surface area contributed by atoms with E-state index in [0.717, 1.165) is 53.2 Å². The molecule has 0 atom stereocenters. The van der Waals surface area contributed by atoms with Crippen molar-refractivity contribution in [2.45, 2.75) is 33.6 Å². The van der Waals surface area contributed by atoms with Crippen molar-refractivity contribution in [3.05, 3.63) is 71.4 Å². The highest BCUT2D eigenvalue weighted by molar-refractivity contribution is 5.91. The topological polar surface area (TPSA) is 79.4 Å². The minimum Gasteiger partial charge on any atom is -0.438 e. The molecular formula is C27H33N5O2. The first kappa shape index (κ1) is 24.8. The number of carbonyl (C=O) groups is 1. The molecule has 3 rings (SSSR count). The lowest BCUT2D eigenvalue weighted by molar-refractivity contribution is -0.124. The van der Waals surface area contributed by atoms with Gasteiger partial charge in [0, 0.05) is 50.4 Å². The van der Waals surface area contributed by atoms with Crippen LogP contribution in [0.5, 0.6) is 11.6 Å². The molecule has 1 heterocycles. The van der Waals surface area contributed by atoms with E-state index in [0.29, 0.717) is 11.8 Å². The first-order chi connectivity index (χ1) is 16.4. The third-order valence-electron chi connectivity index (χ3n) is 5.39. The first-order valence-electron chi connectivity index (χ1n) is 11.5. The quantitative estimate of drug-likeness (QED) is 0.365. The maximum absolute atomic E-state index is 12.3. The van der Waals surface area contributed by atoms with Crippen molar-refractivity contribution in [3.63, 3.8) is 0 Å². The predicted octanol–water partition coefficient (Wildman–Crippen LogP) is 5.94. The fraction of sp³-hybridized carbons (Fsp3) is 0.296. The summed E-state index contributed by atoms with van der Waals surface area (Å²) in [6.45, 7) is 6.85. The Hall–Kier alpha value is -3.87. The number of nitrogens with one attached hydrogen (secondary N) is 2. The highest BCUT2D eigenvalue weighted by Crippen LogP contribution is 2.30. The molecular weight excluding hydrogens is 426 g/mol. The second-order valence-corrected chi connectivity index (χ2v) is 8.20. The van der Waals surface area contributed by atoms with E-state index < -0.39 is 0 Å². The monoisotopic (exact) mass is 459 g/mol. The minimum atomic E-state index is 0.00527. The Morgan fingerprint density at radius 3 is 2.41 bits per heavy atom. The molecule has 0 saturated carbocycles. The third-order valence-corrected chi connectivity index (χ3v) is 5.39. The molecule has 0 spiro atoms. The van der Waals surface area contributed by atoms with Gasteiger partial charge in [0.1, 0.15) is 5.75 Å². The van der Waals surface area contributed by atoms with E-state index in [1.807, 2.05) is 70.4 Å². The zero-order chi connectivity index (χ0) is 24.5. The van der Waals surface area contributed by atoms with E-state index in [9.17, 15) is 4.79 Å². The Morgan fingerprint density at radius 2 is 1.76 bits per heavy atom. The van der Waals surface area contributed by atoms with Gasteiger partial charge in [-0.3, -0.25) is 4.79 Å². The van der Waals surface area contributed by atoms with Gasteiger partial charge in [-0.25, -0.2) is 4.98 Å². The van der Waals surface area contributed by atoms with Crippen LogP contribution in [0, 0.1) is 13.8 Å². The molecule has 1 aromatic heterocycles. The average molecular weight is 460 g/mol. The smallest absolute Gasteiger partial charge is 0.246 e. The van der Waals surface area contributed by atoms with Crippen molar-refractivity contribution < 1.29 is 9.53 Å². The van der Waals surface area contributed by atoms with Crippen LogP contribution in [0.2, 0.25) is 0 Å². The molecule has 2 N–H and O–H groups in total. The van der Waals surface area contributed by atoms with Gasteiger partial charge in [0.15, 0.2) is 0 Å². The standard InChI is InChI=1S/C27H33N5O2/c1-6-7-16-32(5)25(33)13-8-21-17-19(2)26(20(3)18-21)34-24-14-15-29-27(31-24)30-23-11-9-22(28-4)10-12-23/h8-15,17-18,28H,6-7,16H2,1-5H3,(H,29,30,31)/b13-8+. The van der Waals surface area contributed by atoms with Crippen LogP contribution in [0.3, 0.4) is 0 Å². The largest absolute Gasteiger partial charge is 0.438 e. The summed E-state index contributed by atoms with van der Waals surface area (Å²) in [6.07, 6.45) is 7.20. The number of ether oxygens (including phenoxy) is 1. The van der Waals surface area contributed by atoms with Gasteiger partial charge < -0.3 is 20.3 Å². The summed E-state index contributed by atoms with van der Waals surface area (Å²) >= 11 is 0. The van der Waals surface area contributed by atoms with E-state index in [2.05, 4.69) is 27.5 Å². The second-order valence-electron chi connectivity index (χ2n) is 8.20. The number of benzene rings is 2. The van der Waals surface area contributed by atoms with Crippen molar-refractivity contribution >= 4 is 29.3 Å². The van der Waals surface area contributed by atoms with E-state index in [1.165, 1.54) is 0 Å². The molecule has 2 aromatic carbocycles. The van der Waals surface area contributed by atoms with Gasteiger partial charge in [-0.05, 0) is 79.4 Å². The molecule has 1 amide bonds. The number of rotatable bonds is 10. The molecule has 3 aromatic rings. The Bertz CT molecular complexity index is 1120. The summed E-state index contributed by atoms with van der Waals surface area (Å²) in [4.78, 5) is 22.8. The number of hydrogen-bond donors (Lipinski definition) is 2. The van der Waals surface area contributed by atoms with Crippen LogP contribution in [-0.4, -0.2) is 41.4 Å². The van der Waals surface area contributed by atoms with Crippen molar-refractivity contribution in [3.8, 4) is 11.6 Å². The summed E-state index contributed by atoms with van der Waals surface area (Å²) < 4.78 is 6.12. The molecule has 0 radical (unpaired) electrons. The van der Waals surface area contributed by atoms with Crippen LogP contribution in [-0.2, 0) is 4.79 Å². The summed E-state index contributed by atoms with van der Waals surface area (Å²) in [5, 5.41) is 6.29. The highest BCUT2D eigenvalue weighted by Gasteiger charge is 2.10. The van der Waals surface area contributed by atoms with Crippen LogP contribution in [0.25, 0.3) is 6.08 Å². The molecule has 0 unspecified atom stereocenters. The maximum Gasteiger partial charge on any atom is 0.246 e. The summed E-state index contributed by atoms with van der Waals surface area (Å²) in [5.41, 5.74) is 4.79. The Kier molecular flexibility index (Phi) is 8.62. The highest BCUT2D eigenvalue weighted by atomic mass is 16.5. The van der Waals surface area contributed by atoms with Gasteiger partial charge in [0.2, 0.25) is 17.7 Å². The zero-order valence-electron chi connectivity index (χ0n) is 20.6. The number of nitrogens with zero attached hydrogens (tertiary/aromatic N) is 3. The number of unbranched alkanes of at least 4 members (excludes halogenated alkanes) is 1. The third kappa shape index (κ3) is 6.81. The normalized spacial score (nSPS) is 10.9. The maximum atomic E-state index is 12.3. The molecule has 7 heteroatoms. The molecule has 0 fully saturated rings. The number of anilines is 3. The Labute approximate surface area is 201 Å². The van der Waals surface area contributed by atoms with Crippen LogP contribution in [0.15, 0.2) is 54.7 Å². The second kappa shape index (κ2) is 11.8. The van der Waals surface area contributed by atoms with Crippen molar-refractivity contribution in [2.24, 2.45) is 0 Å². The van der Waals surface area contributed by atoms with Gasteiger partial charge in [-0.1, -0.05) is 13.3 Å². The summed E-state index contributed by atoms with van der Waals surface area (Å²) in [7, 11) is 3.71. The van der Waals surface area contributed by atoms with Crippen molar-refractivity contribution in [1.82, 2.24) is 14.9 Å². The number of carbonyl (C=O) groups excluding carboxylic acids is 1. The molecule has 0 aliphatic heterocycles. The van der Waals surface area contributed by atoms with Gasteiger partial charge in [0.25, 0.3) is 0 Å². The van der Waals surface area contributed by atoms with Crippen molar-refractivity contribution in [2.75, 3.05) is 31.3 Å². The minimum absolute atomic E-state index is 0.00527. The summed E-state index contributed by atoms with van der Waals surface area (Å²) in [5.74, 6) is 1.65. The van der Waals surface area contributed by atoms with Crippen LogP contribution in [0.1, 0.15) is 36.5 Å². The van der Waals surface area contributed by atoms with Gasteiger partial charge >= 0.3 is 0 Å². The fourth-order valence-corrected chi connectivity index (χ4v) is 3.45. The first-order valence-corrected chi connectivity index (χ1v) is 11.5. The molecule has 7 nitrogen and oxygen atoms in total. The van der Waals surface area contributed by atoms with E-state index in [1.54, 1.807) is 23.2 Å². The van der Waals surface area contributed by atoms with Gasteiger partial charge in [0.05, 0.1) is 0 Å². The number of amides is 1. The molecule has 0 bridgehead atoms. The van der Waals surface area contributed by atoms with Gasteiger partial charge in [-0.15, -0.1) is 0 Å². The Balaban J connectivity index is 1.70. The van der Waals surface area contributed by atoms with E-state index in [4.69, 9.17) is 4.74 Å². The number of aromatic nitrogens is 2. The lowest BCUT2D eigenvalue weighted by Crippen LogP contribution is -2.25. The molecule has 178 valence electrons.